The predicted octanol–water partition coefficient (Wildman–Crippen LogP) is 4.61. The van der Waals surface area contributed by atoms with Crippen molar-refractivity contribution < 1.29 is 19.4 Å². The van der Waals surface area contributed by atoms with Gasteiger partial charge in [-0.05, 0) is 53.6 Å². The first kappa shape index (κ1) is 15.7. The Hall–Kier alpha value is -2.86. The van der Waals surface area contributed by atoms with E-state index in [1.165, 1.54) is 0 Å². The van der Waals surface area contributed by atoms with Crippen LogP contribution in [0.1, 0.15) is 10.5 Å². The number of rotatable bonds is 3. The Morgan fingerprint density at radius 2 is 1.64 bits per heavy atom. The zero-order valence-electron chi connectivity index (χ0n) is 12.9. The number of aromatic carboxylic acids is 1. The standard InChI is InChI=1S/C19H12BrNO4/c20-14-4-1-11(2-5-14)13-7-15(21-16(8-13)19(22)23)12-3-6-17-18(9-12)25-10-24-17/h1-9H,10H2,(H,22,23). The molecular formula is C19H12BrNO4. The number of halogens is 1. The normalized spacial score (nSPS) is 12.2. The Kier molecular flexibility index (Phi) is 3.89. The van der Waals surface area contributed by atoms with E-state index in [2.05, 4.69) is 20.9 Å². The number of aromatic nitrogens is 1. The smallest absolute Gasteiger partial charge is 0.354 e. The van der Waals surface area contributed by atoms with E-state index in [9.17, 15) is 9.90 Å². The minimum Gasteiger partial charge on any atom is -0.477 e. The summed E-state index contributed by atoms with van der Waals surface area (Å²) in [5.74, 6) is 0.234. The molecule has 0 radical (unpaired) electrons. The van der Waals surface area contributed by atoms with E-state index in [1.54, 1.807) is 12.1 Å². The highest BCUT2D eigenvalue weighted by atomic mass is 79.9. The molecule has 1 aromatic heterocycles. The van der Waals surface area contributed by atoms with Crippen LogP contribution in [0.15, 0.2) is 59.1 Å². The van der Waals surface area contributed by atoms with E-state index in [-0.39, 0.29) is 12.5 Å². The Morgan fingerprint density at radius 1 is 0.920 bits per heavy atom. The summed E-state index contributed by atoms with van der Waals surface area (Å²) in [6.07, 6.45) is 0. The Morgan fingerprint density at radius 3 is 2.40 bits per heavy atom. The van der Waals surface area contributed by atoms with Crippen LogP contribution in [0.25, 0.3) is 22.4 Å². The van der Waals surface area contributed by atoms with Gasteiger partial charge in [0, 0.05) is 10.0 Å². The van der Waals surface area contributed by atoms with Crippen molar-refractivity contribution >= 4 is 21.9 Å². The van der Waals surface area contributed by atoms with Crippen molar-refractivity contribution in [1.29, 1.82) is 0 Å². The lowest BCUT2D eigenvalue weighted by Crippen LogP contribution is -2.02. The molecule has 4 rings (SSSR count). The van der Waals surface area contributed by atoms with Crippen LogP contribution >= 0.6 is 15.9 Å². The molecule has 124 valence electrons. The van der Waals surface area contributed by atoms with Crippen LogP contribution in [-0.4, -0.2) is 22.9 Å². The Balaban J connectivity index is 1.84. The number of carboxylic acids is 1. The van der Waals surface area contributed by atoms with Gasteiger partial charge in [-0.3, -0.25) is 0 Å². The number of hydrogen-bond donors (Lipinski definition) is 1. The molecule has 1 aliphatic heterocycles. The lowest BCUT2D eigenvalue weighted by molar-refractivity contribution is 0.0690. The van der Waals surface area contributed by atoms with E-state index in [0.29, 0.717) is 17.2 Å². The fourth-order valence-corrected chi connectivity index (χ4v) is 2.92. The SMILES string of the molecule is O=C(O)c1cc(-c2ccc(Br)cc2)cc(-c2ccc3c(c2)OCO3)n1. The maximum absolute atomic E-state index is 11.5. The number of pyridine rings is 1. The molecule has 0 saturated heterocycles. The first-order valence-corrected chi connectivity index (χ1v) is 8.31. The van der Waals surface area contributed by atoms with E-state index in [0.717, 1.165) is 21.2 Å². The van der Waals surface area contributed by atoms with Crippen molar-refractivity contribution in [3.05, 3.63) is 64.8 Å². The van der Waals surface area contributed by atoms with Crippen LogP contribution in [0.3, 0.4) is 0 Å². The minimum atomic E-state index is -1.07. The van der Waals surface area contributed by atoms with Gasteiger partial charge >= 0.3 is 5.97 Å². The Labute approximate surface area is 152 Å². The molecule has 0 amide bonds. The van der Waals surface area contributed by atoms with Gasteiger partial charge in [-0.25, -0.2) is 9.78 Å². The number of fused-ring (bicyclic) bond motifs is 1. The molecule has 2 heterocycles. The lowest BCUT2D eigenvalue weighted by atomic mass is 10.0. The predicted molar refractivity (Wildman–Crippen MR) is 95.9 cm³/mol. The third kappa shape index (κ3) is 3.08. The fraction of sp³-hybridized carbons (Fsp3) is 0.0526. The van der Waals surface area contributed by atoms with Gasteiger partial charge in [-0.2, -0.15) is 0 Å². The van der Waals surface area contributed by atoms with Crippen molar-refractivity contribution in [1.82, 2.24) is 4.98 Å². The highest BCUT2D eigenvalue weighted by molar-refractivity contribution is 9.10. The van der Waals surface area contributed by atoms with Crippen LogP contribution < -0.4 is 9.47 Å². The molecule has 0 saturated carbocycles. The summed E-state index contributed by atoms with van der Waals surface area (Å²) in [6, 6.07) is 16.6. The second-order valence-corrected chi connectivity index (χ2v) is 6.42. The van der Waals surface area contributed by atoms with Gasteiger partial charge in [0.1, 0.15) is 5.69 Å². The maximum Gasteiger partial charge on any atom is 0.354 e. The topological polar surface area (TPSA) is 68.7 Å². The summed E-state index contributed by atoms with van der Waals surface area (Å²) in [5.41, 5.74) is 3.03. The van der Waals surface area contributed by atoms with Crippen molar-refractivity contribution in [2.24, 2.45) is 0 Å². The second kappa shape index (κ2) is 6.22. The first-order valence-electron chi connectivity index (χ1n) is 7.51. The number of hydrogen-bond acceptors (Lipinski definition) is 4. The molecule has 0 spiro atoms. The molecule has 6 heteroatoms. The third-order valence-corrected chi connectivity index (χ3v) is 4.42. The molecule has 3 aromatic rings. The molecule has 5 nitrogen and oxygen atoms in total. The second-order valence-electron chi connectivity index (χ2n) is 5.51. The molecule has 25 heavy (non-hydrogen) atoms. The van der Waals surface area contributed by atoms with Gasteiger partial charge in [0.25, 0.3) is 0 Å². The first-order chi connectivity index (χ1) is 12.1. The summed E-state index contributed by atoms with van der Waals surface area (Å²) >= 11 is 3.40. The van der Waals surface area contributed by atoms with Gasteiger partial charge in [0.2, 0.25) is 6.79 Å². The van der Waals surface area contributed by atoms with Crippen molar-refractivity contribution in [2.75, 3.05) is 6.79 Å². The molecule has 0 fully saturated rings. The van der Waals surface area contributed by atoms with Crippen LogP contribution in [0.4, 0.5) is 0 Å². The molecule has 0 unspecified atom stereocenters. The monoisotopic (exact) mass is 397 g/mol. The molecule has 2 aromatic carbocycles. The molecule has 0 atom stereocenters. The van der Waals surface area contributed by atoms with Gasteiger partial charge in [0.05, 0.1) is 5.69 Å². The number of ether oxygens (including phenoxy) is 2. The van der Waals surface area contributed by atoms with E-state index >= 15 is 0 Å². The molecule has 1 aliphatic rings. The molecule has 0 bridgehead atoms. The van der Waals surface area contributed by atoms with Gasteiger partial charge in [0.15, 0.2) is 11.5 Å². The highest BCUT2D eigenvalue weighted by Gasteiger charge is 2.16. The highest BCUT2D eigenvalue weighted by Crippen LogP contribution is 2.36. The minimum absolute atomic E-state index is 0.00640. The van der Waals surface area contributed by atoms with Gasteiger partial charge in [-0.1, -0.05) is 28.1 Å². The van der Waals surface area contributed by atoms with Crippen LogP contribution in [0.5, 0.6) is 11.5 Å². The average Bonchev–Trinajstić information content (AvgIpc) is 3.09. The summed E-state index contributed by atoms with van der Waals surface area (Å²) in [4.78, 5) is 15.8. The summed E-state index contributed by atoms with van der Waals surface area (Å²) in [5, 5.41) is 9.41. The van der Waals surface area contributed by atoms with E-state index in [1.807, 2.05) is 42.5 Å². The van der Waals surface area contributed by atoms with Crippen molar-refractivity contribution in [3.63, 3.8) is 0 Å². The summed E-state index contributed by atoms with van der Waals surface area (Å²) in [7, 11) is 0. The van der Waals surface area contributed by atoms with E-state index in [4.69, 9.17) is 9.47 Å². The largest absolute Gasteiger partial charge is 0.477 e. The zero-order chi connectivity index (χ0) is 17.4. The van der Waals surface area contributed by atoms with Crippen LogP contribution in [0, 0.1) is 0 Å². The lowest BCUT2D eigenvalue weighted by Gasteiger charge is -2.08. The fourth-order valence-electron chi connectivity index (χ4n) is 2.65. The number of nitrogens with zero attached hydrogens (tertiary/aromatic N) is 1. The van der Waals surface area contributed by atoms with Crippen molar-refractivity contribution in [2.45, 2.75) is 0 Å². The number of carboxylic acid groups (broad SMARTS) is 1. The summed E-state index contributed by atoms with van der Waals surface area (Å²) < 4.78 is 11.7. The Bertz CT molecular complexity index is 970. The quantitative estimate of drug-likeness (QED) is 0.698. The van der Waals surface area contributed by atoms with Crippen molar-refractivity contribution in [3.8, 4) is 33.9 Å². The van der Waals surface area contributed by atoms with Gasteiger partial charge in [-0.15, -0.1) is 0 Å². The van der Waals surface area contributed by atoms with Crippen LogP contribution in [-0.2, 0) is 0 Å². The summed E-state index contributed by atoms with van der Waals surface area (Å²) in [6.45, 7) is 0.186. The maximum atomic E-state index is 11.5. The molecular weight excluding hydrogens is 386 g/mol. The molecule has 1 N–H and O–H groups in total. The molecule has 0 aliphatic carbocycles. The third-order valence-electron chi connectivity index (χ3n) is 3.89. The van der Waals surface area contributed by atoms with E-state index < -0.39 is 5.97 Å². The number of carbonyl (C=O) groups is 1. The zero-order valence-corrected chi connectivity index (χ0v) is 14.5. The van der Waals surface area contributed by atoms with Gasteiger partial charge < -0.3 is 14.6 Å². The van der Waals surface area contributed by atoms with Crippen LogP contribution in [0.2, 0.25) is 0 Å². The number of benzene rings is 2. The average molecular weight is 398 g/mol.